The van der Waals surface area contributed by atoms with Gasteiger partial charge in [-0.1, -0.05) is 30.3 Å². The molecule has 0 amide bonds. The number of nitrogens with two attached hydrogens (primary N) is 1. The monoisotopic (exact) mass is 309 g/mol. The number of anilines is 2. The largest absolute Gasteiger partial charge is 0.397 e. The van der Waals surface area contributed by atoms with Gasteiger partial charge >= 0.3 is 0 Å². The maximum Gasteiger partial charge on any atom is 0.193 e. The molecule has 0 aliphatic carbocycles. The number of hydrogen-bond acceptors (Lipinski definition) is 4. The summed E-state index contributed by atoms with van der Waals surface area (Å²) in [5, 5.41) is 6.79. The smallest absolute Gasteiger partial charge is 0.193 e. The topological polar surface area (TPSA) is 67.2 Å². The van der Waals surface area contributed by atoms with E-state index < -0.39 is 0 Å². The van der Waals surface area contributed by atoms with Crippen molar-refractivity contribution in [2.45, 2.75) is 12.8 Å². The molecule has 4 nitrogen and oxygen atoms in total. The van der Waals surface area contributed by atoms with Gasteiger partial charge in [-0.05, 0) is 50.0 Å². The number of nitrogens with one attached hydrogen (secondary N) is 2. The molecule has 0 atom stereocenters. The van der Waals surface area contributed by atoms with Crippen LogP contribution in [0.2, 0.25) is 0 Å². The molecular weight excluding hydrogens is 286 g/mol. The lowest BCUT2D eigenvalue weighted by Gasteiger charge is -2.23. The van der Waals surface area contributed by atoms with Crippen LogP contribution in [0.5, 0.6) is 0 Å². The number of hydrogen-bond donors (Lipinski definition) is 3. The van der Waals surface area contributed by atoms with Crippen molar-refractivity contribution in [2.24, 2.45) is 5.92 Å². The van der Waals surface area contributed by atoms with Crippen molar-refractivity contribution < 1.29 is 4.79 Å². The Balaban J connectivity index is 1.72. The van der Waals surface area contributed by atoms with Crippen LogP contribution in [0.15, 0.2) is 48.5 Å². The third-order valence-corrected chi connectivity index (χ3v) is 4.39. The Morgan fingerprint density at radius 2 is 1.83 bits per heavy atom. The second-order valence-electron chi connectivity index (χ2n) is 6.07. The van der Waals surface area contributed by atoms with Gasteiger partial charge in [-0.3, -0.25) is 4.79 Å². The molecule has 1 aliphatic heterocycles. The van der Waals surface area contributed by atoms with E-state index in [1.54, 1.807) is 12.1 Å². The van der Waals surface area contributed by atoms with E-state index in [1.807, 2.05) is 36.4 Å². The maximum absolute atomic E-state index is 12.5. The summed E-state index contributed by atoms with van der Waals surface area (Å²) in [6.45, 7) is 3.05. The zero-order valence-electron chi connectivity index (χ0n) is 13.2. The summed E-state index contributed by atoms with van der Waals surface area (Å²) in [6, 6.07) is 14.8. The lowest BCUT2D eigenvalue weighted by atomic mass is 9.98. The predicted molar refractivity (Wildman–Crippen MR) is 94.8 cm³/mol. The van der Waals surface area contributed by atoms with Gasteiger partial charge in [-0.2, -0.15) is 0 Å². The summed E-state index contributed by atoms with van der Waals surface area (Å²) in [6.07, 6.45) is 2.35. The fourth-order valence-corrected chi connectivity index (χ4v) is 2.95. The molecule has 0 saturated carbocycles. The van der Waals surface area contributed by atoms with Gasteiger partial charge in [0.25, 0.3) is 0 Å². The first-order valence-electron chi connectivity index (χ1n) is 8.18. The molecule has 1 saturated heterocycles. The number of ketones is 1. The number of nitrogen functional groups attached to an aromatic ring is 1. The molecule has 4 heteroatoms. The van der Waals surface area contributed by atoms with E-state index in [0.717, 1.165) is 25.3 Å². The van der Waals surface area contributed by atoms with Gasteiger partial charge in [-0.25, -0.2) is 0 Å². The number of carbonyl (C=O) groups is 1. The van der Waals surface area contributed by atoms with Crippen molar-refractivity contribution >= 4 is 17.2 Å². The quantitative estimate of drug-likeness (QED) is 0.587. The molecule has 1 aliphatic rings. The second kappa shape index (κ2) is 7.29. The van der Waals surface area contributed by atoms with E-state index in [4.69, 9.17) is 5.73 Å². The summed E-state index contributed by atoms with van der Waals surface area (Å²) >= 11 is 0. The van der Waals surface area contributed by atoms with Crippen molar-refractivity contribution in [1.29, 1.82) is 0 Å². The van der Waals surface area contributed by atoms with Crippen LogP contribution in [-0.4, -0.2) is 25.4 Å². The van der Waals surface area contributed by atoms with Crippen molar-refractivity contribution in [2.75, 3.05) is 30.7 Å². The Morgan fingerprint density at radius 3 is 2.57 bits per heavy atom. The van der Waals surface area contributed by atoms with Gasteiger partial charge in [0.2, 0.25) is 0 Å². The van der Waals surface area contributed by atoms with E-state index in [2.05, 4.69) is 10.6 Å². The summed E-state index contributed by atoms with van der Waals surface area (Å²) in [5.41, 5.74) is 8.95. The minimum atomic E-state index is 0.0236. The molecule has 2 aromatic carbocycles. The predicted octanol–water partition coefficient (Wildman–Crippen LogP) is 2.91. The van der Waals surface area contributed by atoms with E-state index in [0.29, 0.717) is 22.7 Å². The summed E-state index contributed by atoms with van der Waals surface area (Å²) in [5.74, 6) is 0.680. The molecule has 0 spiro atoms. The minimum Gasteiger partial charge on any atom is -0.397 e. The highest BCUT2D eigenvalue weighted by atomic mass is 16.1. The fourth-order valence-electron chi connectivity index (χ4n) is 2.95. The first-order chi connectivity index (χ1) is 11.2. The maximum atomic E-state index is 12.5. The molecule has 0 unspecified atom stereocenters. The zero-order chi connectivity index (χ0) is 16.1. The van der Waals surface area contributed by atoms with E-state index in [9.17, 15) is 4.79 Å². The zero-order valence-corrected chi connectivity index (χ0v) is 13.2. The Labute approximate surface area is 137 Å². The second-order valence-corrected chi connectivity index (χ2v) is 6.07. The third kappa shape index (κ3) is 3.90. The van der Waals surface area contributed by atoms with E-state index in [-0.39, 0.29) is 5.78 Å². The van der Waals surface area contributed by atoms with Crippen molar-refractivity contribution in [3.63, 3.8) is 0 Å². The normalized spacial score (nSPS) is 15.3. The fraction of sp³-hybridized carbons (Fsp3) is 0.316. The molecule has 23 heavy (non-hydrogen) atoms. The molecular formula is C19H23N3O. The van der Waals surface area contributed by atoms with Crippen molar-refractivity contribution in [3.8, 4) is 0 Å². The molecule has 0 bridgehead atoms. The van der Waals surface area contributed by atoms with E-state index >= 15 is 0 Å². The van der Waals surface area contributed by atoms with Crippen molar-refractivity contribution in [3.05, 3.63) is 59.7 Å². The Kier molecular flexibility index (Phi) is 4.93. The van der Waals surface area contributed by atoms with Crippen molar-refractivity contribution in [1.82, 2.24) is 5.32 Å². The van der Waals surface area contributed by atoms with Crippen LogP contribution in [-0.2, 0) is 0 Å². The SMILES string of the molecule is Nc1ccc(C(=O)c2ccccc2)cc1NCC1CCNCC1. The lowest BCUT2D eigenvalue weighted by molar-refractivity contribution is 0.103. The average molecular weight is 309 g/mol. The molecule has 2 aromatic rings. The minimum absolute atomic E-state index is 0.0236. The van der Waals surface area contributed by atoms with Crippen LogP contribution in [0, 0.1) is 5.92 Å². The van der Waals surface area contributed by atoms with Gasteiger partial charge in [0.15, 0.2) is 5.78 Å². The molecule has 0 radical (unpaired) electrons. The molecule has 3 rings (SSSR count). The van der Waals surface area contributed by atoms with Crippen LogP contribution in [0.1, 0.15) is 28.8 Å². The molecule has 1 heterocycles. The van der Waals surface area contributed by atoms with Gasteiger partial charge in [-0.15, -0.1) is 0 Å². The molecule has 120 valence electrons. The number of rotatable bonds is 5. The summed E-state index contributed by atoms with van der Waals surface area (Å²) in [4.78, 5) is 12.5. The number of carbonyl (C=O) groups excluding carboxylic acids is 1. The standard InChI is InChI=1S/C19H23N3O/c20-17-7-6-16(19(23)15-4-2-1-3-5-15)12-18(17)22-13-14-8-10-21-11-9-14/h1-7,12,14,21-22H,8-11,13,20H2. The highest BCUT2D eigenvalue weighted by molar-refractivity contribution is 6.09. The van der Waals surface area contributed by atoms with Crippen LogP contribution in [0.25, 0.3) is 0 Å². The van der Waals surface area contributed by atoms with Crippen LogP contribution < -0.4 is 16.4 Å². The molecule has 0 aromatic heterocycles. The highest BCUT2D eigenvalue weighted by Crippen LogP contribution is 2.23. The first-order valence-corrected chi connectivity index (χ1v) is 8.18. The lowest BCUT2D eigenvalue weighted by Crippen LogP contribution is -2.31. The third-order valence-electron chi connectivity index (χ3n) is 4.39. The van der Waals surface area contributed by atoms with Crippen LogP contribution >= 0.6 is 0 Å². The molecule has 1 fully saturated rings. The van der Waals surface area contributed by atoms with Gasteiger partial charge < -0.3 is 16.4 Å². The van der Waals surface area contributed by atoms with Crippen LogP contribution in [0.4, 0.5) is 11.4 Å². The first kappa shape index (κ1) is 15.6. The highest BCUT2D eigenvalue weighted by Gasteiger charge is 2.14. The average Bonchev–Trinajstić information content (AvgIpc) is 2.62. The number of piperidine rings is 1. The Morgan fingerprint density at radius 1 is 1.09 bits per heavy atom. The summed E-state index contributed by atoms with van der Waals surface area (Å²) in [7, 11) is 0. The molecule has 4 N–H and O–H groups in total. The number of benzene rings is 2. The summed E-state index contributed by atoms with van der Waals surface area (Å²) < 4.78 is 0. The van der Waals surface area contributed by atoms with Gasteiger partial charge in [0.1, 0.15) is 0 Å². The van der Waals surface area contributed by atoms with E-state index in [1.165, 1.54) is 12.8 Å². The van der Waals surface area contributed by atoms with Gasteiger partial charge in [0.05, 0.1) is 11.4 Å². The van der Waals surface area contributed by atoms with Crippen LogP contribution in [0.3, 0.4) is 0 Å². The Bertz CT molecular complexity index is 664. The Hall–Kier alpha value is -2.33. The van der Waals surface area contributed by atoms with Gasteiger partial charge in [0, 0.05) is 17.7 Å².